The van der Waals surface area contributed by atoms with E-state index in [1.807, 2.05) is 35.2 Å². The first-order valence-corrected chi connectivity index (χ1v) is 11.7. The van der Waals surface area contributed by atoms with Gasteiger partial charge in [0.15, 0.2) is 0 Å². The Morgan fingerprint density at radius 2 is 1.76 bits per heavy atom. The molecule has 0 atom stereocenters. The summed E-state index contributed by atoms with van der Waals surface area (Å²) in [5, 5.41) is 0. The molecule has 0 N–H and O–H groups in total. The molecule has 1 fully saturated rings. The molecule has 1 saturated carbocycles. The van der Waals surface area contributed by atoms with Crippen LogP contribution < -0.4 is 4.90 Å². The van der Waals surface area contributed by atoms with E-state index in [0.29, 0.717) is 31.0 Å². The van der Waals surface area contributed by atoms with Gasteiger partial charge >= 0.3 is 0 Å². The number of anilines is 1. The molecule has 0 radical (unpaired) electrons. The zero-order valence-electron chi connectivity index (χ0n) is 16.3. The lowest BCUT2D eigenvalue weighted by atomic mass is 10.0. The summed E-state index contributed by atoms with van der Waals surface area (Å²) in [5.74, 6) is 0.359. The molecule has 1 aliphatic carbocycles. The van der Waals surface area contributed by atoms with Gasteiger partial charge in [-0.2, -0.15) is 4.31 Å². The van der Waals surface area contributed by atoms with Crippen molar-refractivity contribution in [3.8, 4) is 0 Å². The Balaban J connectivity index is 1.36. The highest BCUT2D eigenvalue weighted by atomic mass is 32.2. The number of rotatable bonds is 4. The zero-order chi connectivity index (χ0) is 20.0. The summed E-state index contributed by atoms with van der Waals surface area (Å²) in [7, 11) is -3.55. The van der Waals surface area contributed by atoms with Gasteiger partial charge in [-0.3, -0.25) is 4.79 Å². The van der Waals surface area contributed by atoms with E-state index < -0.39 is 10.0 Å². The number of hydrogen-bond acceptors (Lipinski definition) is 3. The van der Waals surface area contributed by atoms with Crippen molar-refractivity contribution in [2.24, 2.45) is 5.92 Å². The first-order chi connectivity index (χ1) is 14.0. The Morgan fingerprint density at radius 1 is 0.966 bits per heavy atom. The first-order valence-electron chi connectivity index (χ1n) is 10.2. The van der Waals surface area contributed by atoms with Gasteiger partial charge in [-0.15, -0.1) is 0 Å². The fraction of sp³-hybridized carbons (Fsp3) is 0.348. The maximum atomic E-state index is 13.2. The number of fused-ring (bicyclic) bond motifs is 1. The molecule has 0 spiro atoms. The van der Waals surface area contributed by atoms with Crippen LogP contribution in [0.1, 0.15) is 30.4 Å². The van der Waals surface area contributed by atoms with Crippen LogP contribution in [0.2, 0.25) is 0 Å². The van der Waals surface area contributed by atoms with Crippen molar-refractivity contribution in [2.75, 3.05) is 24.5 Å². The highest BCUT2D eigenvalue weighted by Crippen LogP contribution is 2.37. The average Bonchev–Trinajstić information content (AvgIpc) is 3.53. The first kappa shape index (κ1) is 18.6. The normalized spacial score (nSPS) is 19.7. The second kappa shape index (κ2) is 7.11. The largest absolute Gasteiger partial charge is 0.312 e. The summed E-state index contributed by atoms with van der Waals surface area (Å²) in [6.45, 7) is 1.52. The van der Waals surface area contributed by atoms with Crippen LogP contribution in [-0.4, -0.2) is 38.3 Å². The van der Waals surface area contributed by atoms with Crippen molar-refractivity contribution in [2.45, 2.75) is 30.6 Å². The van der Waals surface area contributed by atoms with Gasteiger partial charge in [-0.1, -0.05) is 36.4 Å². The molecule has 6 heteroatoms. The fourth-order valence-electron chi connectivity index (χ4n) is 4.25. The van der Waals surface area contributed by atoms with Crippen molar-refractivity contribution in [1.82, 2.24) is 4.31 Å². The van der Waals surface area contributed by atoms with Crippen molar-refractivity contribution in [3.63, 3.8) is 0 Å². The quantitative estimate of drug-likeness (QED) is 0.778. The minimum Gasteiger partial charge on any atom is -0.312 e. The van der Waals surface area contributed by atoms with E-state index in [0.717, 1.165) is 36.1 Å². The third-order valence-electron chi connectivity index (χ3n) is 6.09. The molecular formula is C23H24N2O3S. The fourth-order valence-corrected chi connectivity index (χ4v) is 5.68. The summed E-state index contributed by atoms with van der Waals surface area (Å²) in [6, 6.07) is 15.3. The van der Waals surface area contributed by atoms with Crippen LogP contribution >= 0.6 is 0 Å². The molecule has 2 aromatic rings. The SMILES string of the molecule is O=C(C1CC1)N1CCc2cc(S(=O)(=O)N3CC=C(c4ccccc4)CC3)ccc21. The summed E-state index contributed by atoms with van der Waals surface area (Å²) in [4.78, 5) is 14.6. The van der Waals surface area contributed by atoms with Crippen LogP contribution in [-0.2, 0) is 21.2 Å². The van der Waals surface area contributed by atoms with Gasteiger partial charge < -0.3 is 4.90 Å². The van der Waals surface area contributed by atoms with E-state index in [9.17, 15) is 13.2 Å². The monoisotopic (exact) mass is 408 g/mol. The predicted octanol–water partition coefficient (Wildman–Crippen LogP) is 3.46. The molecule has 0 bridgehead atoms. The molecule has 1 amide bonds. The molecule has 2 aromatic carbocycles. The Hall–Kier alpha value is -2.44. The molecule has 5 rings (SSSR count). The molecule has 2 aliphatic heterocycles. The second-order valence-corrected chi connectivity index (χ2v) is 9.95. The number of carbonyl (C=O) groups excluding carboxylic acids is 1. The summed E-state index contributed by atoms with van der Waals surface area (Å²) >= 11 is 0. The molecule has 3 aliphatic rings. The number of carbonyl (C=O) groups is 1. The molecule has 0 saturated heterocycles. The predicted molar refractivity (Wildman–Crippen MR) is 113 cm³/mol. The van der Waals surface area contributed by atoms with Gasteiger partial charge in [0, 0.05) is 31.2 Å². The third-order valence-corrected chi connectivity index (χ3v) is 7.95. The van der Waals surface area contributed by atoms with Crippen LogP contribution in [0.5, 0.6) is 0 Å². The van der Waals surface area contributed by atoms with Crippen LogP contribution in [0.25, 0.3) is 5.57 Å². The van der Waals surface area contributed by atoms with Crippen LogP contribution in [0.15, 0.2) is 59.5 Å². The zero-order valence-corrected chi connectivity index (χ0v) is 17.1. The topological polar surface area (TPSA) is 57.7 Å². The van der Waals surface area contributed by atoms with E-state index in [1.165, 1.54) is 5.57 Å². The minimum atomic E-state index is -3.55. The van der Waals surface area contributed by atoms with E-state index in [-0.39, 0.29) is 11.8 Å². The second-order valence-electron chi connectivity index (χ2n) is 8.01. The summed E-state index contributed by atoms with van der Waals surface area (Å²) in [5.41, 5.74) is 4.19. The summed E-state index contributed by atoms with van der Waals surface area (Å²) in [6.07, 6.45) is 5.39. The lowest BCUT2D eigenvalue weighted by Gasteiger charge is -2.26. The number of hydrogen-bond donors (Lipinski definition) is 0. The van der Waals surface area contributed by atoms with E-state index >= 15 is 0 Å². The van der Waals surface area contributed by atoms with Gasteiger partial charge in [0.2, 0.25) is 15.9 Å². The number of sulfonamides is 1. The number of amides is 1. The van der Waals surface area contributed by atoms with Crippen molar-refractivity contribution in [1.29, 1.82) is 0 Å². The smallest absolute Gasteiger partial charge is 0.243 e. The molecule has 2 heterocycles. The van der Waals surface area contributed by atoms with Gasteiger partial charge in [0.25, 0.3) is 0 Å². The van der Waals surface area contributed by atoms with Gasteiger partial charge in [-0.05, 0) is 60.6 Å². The average molecular weight is 409 g/mol. The van der Waals surface area contributed by atoms with Crippen LogP contribution in [0.3, 0.4) is 0 Å². The number of nitrogens with zero attached hydrogens (tertiary/aromatic N) is 2. The minimum absolute atomic E-state index is 0.170. The standard InChI is InChI=1S/C23H24N2O3S/c26-23(19-6-7-19)25-15-12-20-16-21(8-9-22(20)25)29(27,28)24-13-10-18(11-14-24)17-4-2-1-3-5-17/h1-5,8-10,16,19H,6-7,11-15H2. The highest BCUT2D eigenvalue weighted by molar-refractivity contribution is 7.89. The van der Waals surface area contributed by atoms with Gasteiger partial charge in [0.1, 0.15) is 0 Å². The Kier molecular flexibility index (Phi) is 4.56. The molecule has 0 unspecified atom stereocenters. The van der Waals surface area contributed by atoms with E-state index in [4.69, 9.17) is 0 Å². The Bertz CT molecular complexity index is 1090. The third kappa shape index (κ3) is 3.40. The Morgan fingerprint density at radius 3 is 2.45 bits per heavy atom. The highest BCUT2D eigenvalue weighted by Gasteiger charge is 2.37. The maximum absolute atomic E-state index is 13.2. The van der Waals surface area contributed by atoms with Gasteiger partial charge in [-0.25, -0.2) is 8.42 Å². The van der Waals surface area contributed by atoms with E-state index in [1.54, 1.807) is 16.4 Å². The molecule has 0 aromatic heterocycles. The van der Waals surface area contributed by atoms with Gasteiger partial charge in [0.05, 0.1) is 4.90 Å². The molecular weight excluding hydrogens is 384 g/mol. The van der Waals surface area contributed by atoms with Crippen molar-refractivity contribution < 1.29 is 13.2 Å². The molecule has 5 nitrogen and oxygen atoms in total. The van der Waals surface area contributed by atoms with Crippen LogP contribution in [0.4, 0.5) is 5.69 Å². The van der Waals surface area contributed by atoms with Crippen molar-refractivity contribution >= 4 is 27.2 Å². The molecule has 29 heavy (non-hydrogen) atoms. The maximum Gasteiger partial charge on any atom is 0.243 e. The van der Waals surface area contributed by atoms with Crippen molar-refractivity contribution in [3.05, 3.63) is 65.7 Å². The Labute approximate surface area is 171 Å². The van der Waals surface area contributed by atoms with E-state index in [2.05, 4.69) is 12.1 Å². The lowest BCUT2D eigenvalue weighted by molar-refractivity contribution is -0.119. The van der Waals surface area contributed by atoms with Crippen LogP contribution in [0, 0.1) is 5.92 Å². The lowest BCUT2D eigenvalue weighted by Crippen LogP contribution is -2.34. The summed E-state index contributed by atoms with van der Waals surface area (Å²) < 4.78 is 27.9. The number of benzene rings is 2. The molecule has 150 valence electrons.